The van der Waals surface area contributed by atoms with Crippen LogP contribution in [0, 0.1) is 5.82 Å². The van der Waals surface area contributed by atoms with Crippen LogP contribution in [-0.4, -0.2) is 5.78 Å². The lowest BCUT2D eigenvalue weighted by atomic mass is 9.95. The molecule has 2 aromatic rings. The minimum absolute atomic E-state index is 0.00503. The number of hydrogen-bond acceptors (Lipinski definition) is 2. The lowest BCUT2D eigenvalue weighted by molar-refractivity contribution is 0.104. The number of carbonyl (C=O) groups excluding carboxylic acids is 1. The van der Waals surface area contributed by atoms with Gasteiger partial charge in [0.1, 0.15) is 5.82 Å². The van der Waals surface area contributed by atoms with Crippen molar-refractivity contribution in [2.24, 2.45) is 0 Å². The standard InChI is InChI=1S/C15H14ClFOS/c1-15(2,3)12-8-7-11(19-12)14(18)9-5-4-6-10(17)13(9)16/h4-8H,1-3H3. The number of benzene rings is 1. The highest BCUT2D eigenvalue weighted by molar-refractivity contribution is 7.14. The van der Waals surface area contributed by atoms with E-state index in [1.54, 1.807) is 12.1 Å². The van der Waals surface area contributed by atoms with Crippen molar-refractivity contribution in [1.82, 2.24) is 0 Å². The van der Waals surface area contributed by atoms with E-state index in [0.717, 1.165) is 4.88 Å². The van der Waals surface area contributed by atoms with Crippen LogP contribution in [0.1, 0.15) is 40.9 Å². The minimum atomic E-state index is -0.569. The van der Waals surface area contributed by atoms with Gasteiger partial charge in [-0.05, 0) is 29.7 Å². The van der Waals surface area contributed by atoms with Gasteiger partial charge >= 0.3 is 0 Å². The van der Waals surface area contributed by atoms with E-state index in [1.807, 2.05) is 6.07 Å². The highest BCUT2D eigenvalue weighted by Crippen LogP contribution is 2.32. The van der Waals surface area contributed by atoms with Gasteiger partial charge in [0.25, 0.3) is 0 Å². The Morgan fingerprint density at radius 2 is 1.89 bits per heavy atom. The van der Waals surface area contributed by atoms with E-state index in [9.17, 15) is 9.18 Å². The molecule has 0 unspecified atom stereocenters. The summed E-state index contributed by atoms with van der Waals surface area (Å²) in [5, 5.41) is -0.113. The van der Waals surface area contributed by atoms with E-state index in [1.165, 1.54) is 23.5 Å². The summed E-state index contributed by atoms with van der Waals surface area (Å²) in [5.41, 5.74) is 0.207. The molecule has 0 N–H and O–H groups in total. The lowest BCUT2D eigenvalue weighted by Crippen LogP contribution is -2.08. The second-order valence-corrected chi connectivity index (χ2v) is 6.81. The highest BCUT2D eigenvalue weighted by atomic mass is 35.5. The number of carbonyl (C=O) groups is 1. The van der Waals surface area contributed by atoms with Crippen molar-refractivity contribution in [1.29, 1.82) is 0 Å². The third kappa shape index (κ3) is 2.88. The first-order valence-corrected chi connectivity index (χ1v) is 7.09. The summed E-state index contributed by atoms with van der Waals surface area (Å²) in [6.45, 7) is 6.26. The summed E-state index contributed by atoms with van der Waals surface area (Å²) in [7, 11) is 0. The summed E-state index contributed by atoms with van der Waals surface area (Å²) in [6.07, 6.45) is 0. The highest BCUT2D eigenvalue weighted by Gasteiger charge is 2.21. The Bertz CT molecular complexity index is 625. The molecule has 0 aliphatic rings. The maximum Gasteiger partial charge on any atom is 0.204 e. The average Bonchev–Trinajstić information content (AvgIpc) is 2.81. The summed E-state index contributed by atoms with van der Waals surface area (Å²) >= 11 is 7.27. The molecule has 1 heterocycles. The molecule has 1 aromatic heterocycles. The predicted molar refractivity (Wildman–Crippen MR) is 77.9 cm³/mol. The van der Waals surface area contributed by atoms with E-state index in [4.69, 9.17) is 11.6 Å². The lowest BCUT2D eigenvalue weighted by Gasteiger charge is -2.15. The van der Waals surface area contributed by atoms with Crippen LogP contribution in [0.5, 0.6) is 0 Å². The second-order valence-electron chi connectivity index (χ2n) is 5.34. The fraction of sp³-hybridized carbons (Fsp3) is 0.267. The summed E-state index contributed by atoms with van der Waals surface area (Å²) in [5.74, 6) is -0.801. The van der Waals surface area contributed by atoms with Crippen molar-refractivity contribution in [3.8, 4) is 0 Å². The molecule has 0 atom stereocenters. The number of thiophene rings is 1. The van der Waals surface area contributed by atoms with E-state index < -0.39 is 5.82 Å². The molecular weight excluding hydrogens is 283 g/mol. The van der Waals surface area contributed by atoms with Gasteiger partial charge in [-0.1, -0.05) is 38.4 Å². The molecule has 0 bridgehead atoms. The molecule has 0 saturated carbocycles. The molecule has 0 aliphatic heterocycles. The topological polar surface area (TPSA) is 17.1 Å². The maximum atomic E-state index is 13.4. The Morgan fingerprint density at radius 1 is 1.21 bits per heavy atom. The Hall–Kier alpha value is -1.19. The van der Waals surface area contributed by atoms with Gasteiger partial charge in [0.15, 0.2) is 0 Å². The average molecular weight is 297 g/mol. The van der Waals surface area contributed by atoms with E-state index >= 15 is 0 Å². The van der Waals surface area contributed by atoms with Crippen LogP contribution in [0.3, 0.4) is 0 Å². The van der Waals surface area contributed by atoms with Crippen molar-refractivity contribution in [2.45, 2.75) is 26.2 Å². The zero-order chi connectivity index (χ0) is 14.2. The number of halogens is 2. The predicted octanol–water partition coefficient (Wildman–Crippen LogP) is 5.07. The van der Waals surface area contributed by atoms with Gasteiger partial charge < -0.3 is 0 Å². The number of ketones is 1. The van der Waals surface area contributed by atoms with Crippen molar-refractivity contribution in [3.05, 3.63) is 56.5 Å². The van der Waals surface area contributed by atoms with Crippen molar-refractivity contribution in [2.75, 3.05) is 0 Å². The SMILES string of the molecule is CC(C)(C)c1ccc(C(=O)c2cccc(F)c2Cl)s1. The van der Waals surface area contributed by atoms with Gasteiger partial charge in [-0.25, -0.2) is 4.39 Å². The normalized spacial score (nSPS) is 11.6. The first-order valence-electron chi connectivity index (χ1n) is 5.90. The molecule has 1 aromatic carbocycles. The molecule has 19 heavy (non-hydrogen) atoms. The fourth-order valence-corrected chi connectivity index (χ4v) is 2.90. The number of rotatable bonds is 2. The Balaban J connectivity index is 2.40. The Morgan fingerprint density at radius 3 is 2.47 bits per heavy atom. The van der Waals surface area contributed by atoms with E-state index in [0.29, 0.717) is 4.88 Å². The molecule has 0 saturated heterocycles. The summed E-state index contributed by atoms with van der Waals surface area (Å²) in [4.78, 5) is 14.0. The Labute approximate surface area is 121 Å². The van der Waals surface area contributed by atoms with Gasteiger partial charge in [0, 0.05) is 10.4 Å². The quantitative estimate of drug-likeness (QED) is 0.707. The molecule has 0 spiro atoms. The van der Waals surface area contributed by atoms with Crippen molar-refractivity contribution in [3.63, 3.8) is 0 Å². The van der Waals surface area contributed by atoms with Crippen molar-refractivity contribution < 1.29 is 9.18 Å². The molecular formula is C15H14ClFOS. The maximum absolute atomic E-state index is 13.4. The third-order valence-corrected chi connectivity index (χ3v) is 4.66. The van der Waals surface area contributed by atoms with Gasteiger partial charge in [-0.15, -0.1) is 11.3 Å². The molecule has 0 fully saturated rings. The molecule has 0 aliphatic carbocycles. The smallest absolute Gasteiger partial charge is 0.204 e. The van der Waals surface area contributed by atoms with Crippen LogP contribution < -0.4 is 0 Å². The van der Waals surface area contributed by atoms with Gasteiger partial charge in [-0.2, -0.15) is 0 Å². The van der Waals surface area contributed by atoms with Crippen LogP contribution in [-0.2, 0) is 5.41 Å². The van der Waals surface area contributed by atoms with Crippen LogP contribution in [0.25, 0.3) is 0 Å². The fourth-order valence-electron chi connectivity index (χ4n) is 1.67. The molecule has 4 heteroatoms. The van der Waals surface area contributed by atoms with Gasteiger partial charge in [0.05, 0.1) is 9.90 Å². The third-order valence-electron chi connectivity index (χ3n) is 2.77. The van der Waals surface area contributed by atoms with Gasteiger partial charge in [-0.3, -0.25) is 4.79 Å². The van der Waals surface area contributed by atoms with Crippen LogP contribution in [0.2, 0.25) is 5.02 Å². The van der Waals surface area contributed by atoms with Gasteiger partial charge in [0.2, 0.25) is 5.78 Å². The summed E-state index contributed by atoms with van der Waals surface area (Å²) in [6, 6.07) is 7.99. The van der Waals surface area contributed by atoms with Crippen LogP contribution in [0.15, 0.2) is 30.3 Å². The van der Waals surface area contributed by atoms with E-state index in [-0.39, 0.29) is 21.8 Å². The first-order chi connectivity index (χ1) is 8.80. The second kappa shape index (κ2) is 5.06. The zero-order valence-electron chi connectivity index (χ0n) is 11.0. The van der Waals surface area contributed by atoms with Crippen LogP contribution >= 0.6 is 22.9 Å². The van der Waals surface area contributed by atoms with Crippen LogP contribution in [0.4, 0.5) is 4.39 Å². The number of hydrogen-bond donors (Lipinski definition) is 0. The molecule has 1 nitrogen and oxygen atoms in total. The molecule has 2 rings (SSSR count). The summed E-state index contributed by atoms with van der Waals surface area (Å²) < 4.78 is 13.4. The molecule has 0 radical (unpaired) electrons. The first kappa shape index (κ1) is 14.2. The van der Waals surface area contributed by atoms with Crippen molar-refractivity contribution >= 4 is 28.7 Å². The van der Waals surface area contributed by atoms with E-state index in [2.05, 4.69) is 20.8 Å². The largest absolute Gasteiger partial charge is 0.288 e. The zero-order valence-corrected chi connectivity index (χ0v) is 12.5. The molecule has 0 amide bonds. The Kier molecular flexibility index (Phi) is 3.79. The monoisotopic (exact) mass is 296 g/mol. The minimum Gasteiger partial charge on any atom is -0.288 e. The molecule has 100 valence electrons.